The van der Waals surface area contributed by atoms with E-state index in [-0.39, 0.29) is 12.3 Å². The molecule has 0 aliphatic carbocycles. The molecule has 1 aromatic heterocycles. The molecule has 0 spiro atoms. The van der Waals surface area contributed by atoms with Crippen LogP contribution in [-0.2, 0) is 11.2 Å². The van der Waals surface area contributed by atoms with Crippen molar-refractivity contribution in [2.24, 2.45) is 0 Å². The Morgan fingerprint density at radius 1 is 1.03 bits per heavy atom. The van der Waals surface area contributed by atoms with Gasteiger partial charge in [-0.3, -0.25) is 4.79 Å². The summed E-state index contributed by atoms with van der Waals surface area (Å²) >= 11 is 0. The number of methoxy groups -OCH3 is 3. The number of carbonyl (C=O) groups is 1. The molecule has 6 heteroatoms. The van der Waals surface area contributed by atoms with E-state index in [1.807, 2.05) is 6.07 Å². The third-order valence-corrected chi connectivity index (χ3v) is 4.96. The van der Waals surface area contributed by atoms with Crippen molar-refractivity contribution in [2.75, 3.05) is 26.6 Å². The molecule has 0 aliphatic rings. The van der Waals surface area contributed by atoms with Crippen LogP contribution in [0.3, 0.4) is 0 Å². The highest BCUT2D eigenvalue weighted by molar-refractivity contribution is 5.96. The predicted molar refractivity (Wildman–Crippen MR) is 113 cm³/mol. The van der Waals surface area contributed by atoms with Crippen molar-refractivity contribution in [3.05, 3.63) is 47.2 Å². The van der Waals surface area contributed by atoms with Gasteiger partial charge in [-0.1, -0.05) is 13.8 Å². The average molecular weight is 397 g/mol. The Hall–Kier alpha value is -3.15. The van der Waals surface area contributed by atoms with Gasteiger partial charge in [0.2, 0.25) is 11.7 Å². The molecule has 1 amide bonds. The summed E-state index contributed by atoms with van der Waals surface area (Å²) in [4.78, 5) is 12.7. The maximum absolute atomic E-state index is 12.7. The number of anilines is 1. The van der Waals surface area contributed by atoms with Gasteiger partial charge in [-0.25, -0.2) is 0 Å². The van der Waals surface area contributed by atoms with E-state index in [2.05, 4.69) is 32.2 Å². The first-order valence-electron chi connectivity index (χ1n) is 9.48. The summed E-state index contributed by atoms with van der Waals surface area (Å²) in [6.07, 6.45) is 1.85. The van der Waals surface area contributed by atoms with E-state index in [1.165, 1.54) is 32.5 Å². The van der Waals surface area contributed by atoms with Crippen LogP contribution >= 0.6 is 0 Å². The normalized spacial score (nSPS) is 11.0. The van der Waals surface area contributed by atoms with Crippen LogP contribution in [0.4, 0.5) is 5.69 Å². The number of hydrogen-bond donors (Lipinski definition) is 1. The summed E-state index contributed by atoms with van der Waals surface area (Å²) in [7, 11) is 4.61. The molecule has 0 unspecified atom stereocenters. The maximum atomic E-state index is 12.7. The second-order valence-corrected chi connectivity index (χ2v) is 7.26. The van der Waals surface area contributed by atoms with Crippen molar-refractivity contribution in [2.45, 2.75) is 33.1 Å². The number of rotatable bonds is 7. The minimum Gasteiger partial charge on any atom is -0.493 e. The standard InChI is InChI=1S/C23H27NO5/c1-13(2)17-11-18-15(12-29-19(18)7-14(17)3)8-22(25)24-16-9-20(26-4)23(28-6)21(10-16)27-5/h7,9-13H,8H2,1-6H3,(H,24,25). The van der Waals surface area contributed by atoms with E-state index in [0.717, 1.165) is 16.5 Å². The van der Waals surface area contributed by atoms with Crippen LogP contribution in [0.1, 0.15) is 36.5 Å². The highest BCUT2D eigenvalue weighted by Gasteiger charge is 2.17. The molecule has 154 valence electrons. The minimum absolute atomic E-state index is 0.159. The van der Waals surface area contributed by atoms with Gasteiger partial charge in [-0.15, -0.1) is 0 Å². The fraction of sp³-hybridized carbons (Fsp3) is 0.348. The Balaban J connectivity index is 1.85. The van der Waals surface area contributed by atoms with Gasteiger partial charge in [0.25, 0.3) is 0 Å². The Morgan fingerprint density at radius 3 is 2.24 bits per heavy atom. The smallest absolute Gasteiger partial charge is 0.228 e. The molecular weight excluding hydrogens is 370 g/mol. The molecular formula is C23H27NO5. The third-order valence-electron chi connectivity index (χ3n) is 4.96. The topological polar surface area (TPSA) is 69.9 Å². The zero-order valence-electron chi connectivity index (χ0n) is 17.7. The van der Waals surface area contributed by atoms with Crippen LogP contribution in [-0.4, -0.2) is 27.2 Å². The molecule has 0 bridgehead atoms. The largest absolute Gasteiger partial charge is 0.493 e. The molecule has 0 fully saturated rings. The summed E-state index contributed by atoms with van der Waals surface area (Å²) in [5.74, 6) is 1.68. The van der Waals surface area contributed by atoms with Crippen molar-refractivity contribution in [3.8, 4) is 17.2 Å². The summed E-state index contributed by atoms with van der Waals surface area (Å²) in [6.45, 7) is 6.39. The Morgan fingerprint density at radius 2 is 1.69 bits per heavy atom. The van der Waals surface area contributed by atoms with Crippen molar-refractivity contribution < 1.29 is 23.4 Å². The minimum atomic E-state index is -0.159. The summed E-state index contributed by atoms with van der Waals surface area (Å²) in [6, 6.07) is 7.56. The first-order valence-corrected chi connectivity index (χ1v) is 9.48. The van der Waals surface area contributed by atoms with Gasteiger partial charge in [-0.2, -0.15) is 0 Å². The number of carbonyl (C=O) groups excluding carboxylic acids is 1. The van der Waals surface area contributed by atoms with Crippen LogP contribution < -0.4 is 19.5 Å². The molecule has 0 aliphatic heterocycles. The lowest BCUT2D eigenvalue weighted by molar-refractivity contribution is -0.115. The molecule has 0 saturated heterocycles. The molecule has 3 rings (SSSR count). The number of nitrogens with one attached hydrogen (secondary N) is 1. The number of aryl methyl sites for hydroxylation is 1. The van der Waals surface area contributed by atoms with Crippen LogP contribution in [0.5, 0.6) is 17.2 Å². The van der Waals surface area contributed by atoms with E-state index in [0.29, 0.717) is 28.9 Å². The van der Waals surface area contributed by atoms with Crippen molar-refractivity contribution in [1.82, 2.24) is 0 Å². The van der Waals surface area contributed by atoms with Gasteiger partial charge in [0.05, 0.1) is 34.0 Å². The van der Waals surface area contributed by atoms with Crippen molar-refractivity contribution in [3.63, 3.8) is 0 Å². The number of amides is 1. The first kappa shape index (κ1) is 20.6. The fourth-order valence-corrected chi connectivity index (χ4v) is 3.54. The molecule has 2 aromatic carbocycles. The van der Waals surface area contributed by atoms with E-state index >= 15 is 0 Å². The van der Waals surface area contributed by atoms with E-state index in [1.54, 1.807) is 18.4 Å². The molecule has 0 radical (unpaired) electrons. The number of ether oxygens (including phenoxy) is 3. The van der Waals surface area contributed by atoms with E-state index in [9.17, 15) is 4.79 Å². The monoisotopic (exact) mass is 397 g/mol. The molecule has 3 aromatic rings. The van der Waals surface area contributed by atoms with Gasteiger partial charge in [0.1, 0.15) is 5.58 Å². The lowest BCUT2D eigenvalue weighted by atomic mass is 9.95. The lowest BCUT2D eigenvalue weighted by Crippen LogP contribution is -2.14. The highest BCUT2D eigenvalue weighted by atomic mass is 16.5. The molecule has 0 saturated carbocycles. The Labute approximate surface area is 170 Å². The van der Waals surface area contributed by atoms with E-state index in [4.69, 9.17) is 18.6 Å². The Bertz CT molecular complexity index is 1010. The Kier molecular flexibility index (Phi) is 6.01. The van der Waals surface area contributed by atoms with Gasteiger partial charge in [0, 0.05) is 28.8 Å². The number of hydrogen-bond acceptors (Lipinski definition) is 5. The van der Waals surface area contributed by atoms with E-state index < -0.39 is 0 Å². The summed E-state index contributed by atoms with van der Waals surface area (Å²) < 4.78 is 21.7. The molecule has 1 heterocycles. The van der Waals surface area contributed by atoms with Crippen LogP contribution in [0, 0.1) is 6.92 Å². The lowest BCUT2D eigenvalue weighted by Gasteiger charge is -2.14. The third kappa shape index (κ3) is 4.16. The second kappa shape index (κ2) is 8.47. The SMILES string of the molecule is COc1cc(NC(=O)Cc2coc3cc(C)c(C(C)C)cc23)cc(OC)c1OC. The van der Waals surface area contributed by atoms with Gasteiger partial charge >= 0.3 is 0 Å². The molecule has 0 atom stereocenters. The zero-order valence-corrected chi connectivity index (χ0v) is 17.7. The highest BCUT2D eigenvalue weighted by Crippen LogP contribution is 2.40. The number of benzene rings is 2. The molecule has 29 heavy (non-hydrogen) atoms. The number of furan rings is 1. The van der Waals surface area contributed by atoms with Gasteiger partial charge in [0.15, 0.2) is 11.5 Å². The van der Waals surface area contributed by atoms with Crippen LogP contribution in [0.25, 0.3) is 11.0 Å². The van der Waals surface area contributed by atoms with Crippen molar-refractivity contribution in [1.29, 1.82) is 0 Å². The van der Waals surface area contributed by atoms with Crippen molar-refractivity contribution >= 4 is 22.6 Å². The first-order chi connectivity index (χ1) is 13.9. The average Bonchev–Trinajstić information content (AvgIpc) is 3.07. The quantitative estimate of drug-likeness (QED) is 0.603. The second-order valence-electron chi connectivity index (χ2n) is 7.26. The maximum Gasteiger partial charge on any atom is 0.228 e. The molecule has 1 N–H and O–H groups in total. The van der Waals surface area contributed by atoms with Gasteiger partial charge in [-0.05, 0) is 36.1 Å². The number of fused-ring (bicyclic) bond motifs is 1. The molecule has 6 nitrogen and oxygen atoms in total. The zero-order chi connectivity index (χ0) is 21.1. The summed E-state index contributed by atoms with van der Waals surface area (Å²) in [5, 5.41) is 3.87. The van der Waals surface area contributed by atoms with Crippen LogP contribution in [0.15, 0.2) is 34.9 Å². The van der Waals surface area contributed by atoms with Crippen LogP contribution in [0.2, 0.25) is 0 Å². The fourth-order valence-electron chi connectivity index (χ4n) is 3.54. The van der Waals surface area contributed by atoms with Gasteiger partial charge < -0.3 is 23.9 Å². The summed E-state index contributed by atoms with van der Waals surface area (Å²) in [5.41, 5.74) is 4.66. The predicted octanol–water partition coefficient (Wildman–Crippen LogP) is 5.07.